The molecule has 0 amide bonds. The van der Waals surface area contributed by atoms with Gasteiger partial charge in [0.25, 0.3) is 0 Å². The summed E-state index contributed by atoms with van der Waals surface area (Å²) in [6.45, 7) is 6.14. The van der Waals surface area contributed by atoms with Gasteiger partial charge in [-0.2, -0.15) is 0 Å². The third kappa shape index (κ3) is 3.59. The number of hydrogen-bond donors (Lipinski definition) is 2. The highest BCUT2D eigenvalue weighted by molar-refractivity contribution is 7.91. The second kappa shape index (κ2) is 5.20. The van der Waals surface area contributed by atoms with E-state index >= 15 is 0 Å². The van der Waals surface area contributed by atoms with E-state index in [2.05, 4.69) is 20.6 Å². The number of anilines is 2. The normalized spacial score (nSPS) is 21.7. The lowest BCUT2D eigenvalue weighted by atomic mass is 9.96. The Labute approximate surface area is 120 Å². The van der Waals surface area contributed by atoms with Crippen molar-refractivity contribution in [2.24, 2.45) is 0 Å². The minimum atomic E-state index is -2.89. The van der Waals surface area contributed by atoms with E-state index in [-0.39, 0.29) is 23.0 Å². The fourth-order valence-electron chi connectivity index (χ4n) is 2.10. The van der Waals surface area contributed by atoms with E-state index in [1.54, 1.807) is 13.1 Å². The van der Waals surface area contributed by atoms with Crippen molar-refractivity contribution < 1.29 is 8.42 Å². The van der Waals surface area contributed by atoms with E-state index in [1.807, 2.05) is 20.8 Å². The largest absolute Gasteiger partial charge is 0.373 e. The van der Waals surface area contributed by atoms with Crippen molar-refractivity contribution in [3.05, 3.63) is 11.9 Å². The summed E-state index contributed by atoms with van der Waals surface area (Å²) < 4.78 is 23.0. The number of nitrogens with one attached hydrogen (secondary N) is 2. The second-order valence-electron chi connectivity index (χ2n) is 6.21. The molecule has 0 aromatic carbocycles. The molecule has 6 nitrogen and oxygen atoms in total. The second-order valence-corrected chi connectivity index (χ2v) is 8.44. The maximum atomic E-state index is 11.5. The molecule has 1 aliphatic rings. The van der Waals surface area contributed by atoms with Gasteiger partial charge in [0.1, 0.15) is 17.5 Å². The van der Waals surface area contributed by atoms with E-state index in [0.717, 1.165) is 11.6 Å². The van der Waals surface area contributed by atoms with Crippen molar-refractivity contribution in [2.45, 2.75) is 38.6 Å². The highest BCUT2D eigenvalue weighted by Crippen LogP contribution is 2.23. The van der Waals surface area contributed by atoms with Crippen molar-refractivity contribution in [1.29, 1.82) is 0 Å². The minimum absolute atomic E-state index is 0.0626. The smallest absolute Gasteiger partial charge is 0.152 e. The van der Waals surface area contributed by atoms with Crippen LogP contribution in [0.4, 0.5) is 11.6 Å². The molecule has 2 N–H and O–H groups in total. The lowest BCUT2D eigenvalue weighted by Crippen LogP contribution is -2.23. The molecule has 1 saturated heterocycles. The van der Waals surface area contributed by atoms with Crippen LogP contribution in [0.5, 0.6) is 0 Å². The van der Waals surface area contributed by atoms with E-state index in [4.69, 9.17) is 0 Å². The number of nitrogens with zero attached hydrogens (tertiary/aromatic N) is 2. The Morgan fingerprint density at radius 2 is 1.90 bits per heavy atom. The van der Waals surface area contributed by atoms with Crippen LogP contribution in [-0.2, 0) is 15.3 Å². The Morgan fingerprint density at radius 3 is 2.40 bits per heavy atom. The van der Waals surface area contributed by atoms with Crippen LogP contribution in [-0.4, -0.2) is 43.0 Å². The Hall–Kier alpha value is -1.37. The van der Waals surface area contributed by atoms with Crippen molar-refractivity contribution >= 4 is 21.5 Å². The van der Waals surface area contributed by atoms with E-state index < -0.39 is 9.84 Å². The zero-order valence-corrected chi connectivity index (χ0v) is 13.2. The predicted octanol–water partition coefficient (Wildman–Crippen LogP) is 1.41. The van der Waals surface area contributed by atoms with Crippen LogP contribution in [0, 0.1) is 0 Å². The van der Waals surface area contributed by atoms with E-state index in [9.17, 15) is 8.42 Å². The van der Waals surface area contributed by atoms with Crippen LogP contribution in [0.1, 0.15) is 33.0 Å². The molecule has 2 rings (SSSR count). The first-order valence-corrected chi connectivity index (χ1v) is 8.56. The third-order valence-corrected chi connectivity index (χ3v) is 5.01. The molecule has 112 valence electrons. The summed E-state index contributed by atoms with van der Waals surface area (Å²) in [7, 11) is -1.09. The number of aromatic nitrogens is 2. The summed E-state index contributed by atoms with van der Waals surface area (Å²) in [6, 6.07) is 1.74. The van der Waals surface area contributed by atoms with Gasteiger partial charge in [-0.25, -0.2) is 18.4 Å². The van der Waals surface area contributed by atoms with Gasteiger partial charge in [-0.15, -0.1) is 0 Å². The SMILES string of the molecule is CNc1cc(NC2CCS(=O)(=O)C2)nc(C(C)(C)C)n1. The zero-order valence-electron chi connectivity index (χ0n) is 12.4. The summed E-state index contributed by atoms with van der Waals surface area (Å²) in [5.74, 6) is 2.56. The van der Waals surface area contributed by atoms with E-state index in [0.29, 0.717) is 12.2 Å². The first-order chi connectivity index (χ1) is 9.19. The fraction of sp³-hybridized carbons (Fsp3) is 0.692. The van der Waals surface area contributed by atoms with E-state index in [1.165, 1.54) is 0 Å². The summed E-state index contributed by atoms with van der Waals surface area (Å²) in [5.41, 5.74) is -0.162. The molecule has 7 heteroatoms. The quantitative estimate of drug-likeness (QED) is 0.878. The van der Waals surface area contributed by atoms with Gasteiger partial charge < -0.3 is 10.6 Å². The molecule has 0 saturated carbocycles. The lowest BCUT2D eigenvalue weighted by Gasteiger charge is -2.20. The van der Waals surface area contributed by atoms with Gasteiger partial charge in [0.2, 0.25) is 0 Å². The van der Waals surface area contributed by atoms with Crippen molar-refractivity contribution in [2.75, 3.05) is 29.2 Å². The molecule has 0 bridgehead atoms. The molecule has 1 unspecified atom stereocenters. The molecule has 0 aliphatic carbocycles. The molecule has 0 spiro atoms. The number of rotatable bonds is 3. The van der Waals surface area contributed by atoms with Gasteiger partial charge in [-0.1, -0.05) is 20.8 Å². The topological polar surface area (TPSA) is 84.0 Å². The Morgan fingerprint density at radius 1 is 1.25 bits per heavy atom. The molecule has 1 aromatic heterocycles. The molecular weight excluding hydrogens is 276 g/mol. The molecular formula is C13H22N4O2S. The number of hydrogen-bond acceptors (Lipinski definition) is 6. The predicted molar refractivity (Wildman–Crippen MR) is 81.0 cm³/mol. The van der Waals surface area contributed by atoms with Crippen molar-refractivity contribution in [1.82, 2.24) is 9.97 Å². The standard InChI is InChI=1S/C13H22N4O2S/c1-13(2,3)12-16-10(14-4)7-11(17-12)15-9-5-6-20(18,19)8-9/h7,9H,5-6,8H2,1-4H3,(H2,14,15,16,17). The molecule has 1 aromatic rings. The van der Waals surface area contributed by atoms with Gasteiger partial charge >= 0.3 is 0 Å². The van der Waals surface area contributed by atoms with Gasteiger partial charge in [-0.05, 0) is 6.42 Å². The molecule has 0 radical (unpaired) electrons. The van der Waals surface area contributed by atoms with Gasteiger partial charge in [-0.3, -0.25) is 0 Å². The monoisotopic (exact) mass is 298 g/mol. The molecule has 1 fully saturated rings. The third-order valence-electron chi connectivity index (χ3n) is 3.24. The average molecular weight is 298 g/mol. The van der Waals surface area contributed by atoms with Crippen molar-refractivity contribution in [3.63, 3.8) is 0 Å². The zero-order chi connectivity index (χ0) is 15.0. The van der Waals surface area contributed by atoms with Crippen LogP contribution < -0.4 is 10.6 Å². The van der Waals surface area contributed by atoms with Gasteiger partial charge in [0.05, 0.1) is 11.5 Å². The van der Waals surface area contributed by atoms with Crippen molar-refractivity contribution in [3.8, 4) is 0 Å². The Bertz CT molecular complexity index is 593. The average Bonchev–Trinajstić information content (AvgIpc) is 2.67. The molecule has 20 heavy (non-hydrogen) atoms. The molecule has 1 atom stereocenters. The Balaban J connectivity index is 2.23. The summed E-state index contributed by atoms with van der Waals surface area (Å²) in [5, 5.41) is 6.23. The number of sulfone groups is 1. The summed E-state index contributed by atoms with van der Waals surface area (Å²) in [4.78, 5) is 8.95. The maximum Gasteiger partial charge on any atom is 0.152 e. The first-order valence-electron chi connectivity index (χ1n) is 6.74. The maximum absolute atomic E-state index is 11.5. The van der Waals surface area contributed by atoms with Crippen LogP contribution in [0.3, 0.4) is 0 Å². The Kier molecular flexibility index (Phi) is 3.90. The summed E-state index contributed by atoms with van der Waals surface area (Å²) in [6.07, 6.45) is 0.631. The van der Waals surface area contributed by atoms with Gasteiger partial charge in [0.15, 0.2) is 9.84 Å². The van der Waals surface area contributed by atoms with Crippen LogP contribution in [0.15, 0.2) is 6.07 Å². The van der Waals surface area contributed by atoms with Crippen LogP contribution in [0.25, 0.3) is 0 Å². The molecule has 1 aliphatic heterocycles. The minimum Gasteiger partial charge on any atom is -0.373 e. The lowest BCUT2D eigenvalue weighted by molar-refractivity contribution is 0.546. The first kappa shape index (κ1) is 15.0. The highest BCUT2D eigenvalue weighted by atomic mass is 32.2. The van der Waals surface area contributed by atoms with Crippen LogP contribution in [0.2, 0.25) is 0 Å². The highest BCUT2D eigenvalue weighted by Gasteiger charge is 2.28. The van der Waals surface area contributed by atoms with Crippen LogP contribution >= 0.6 is 0 Å². The summed E-state index contributed by atoms with van der Waals surface area (Å²) >= 11 is 0. The fourth-order valence-corrected chi connectivity index (χ4v) is 3.78. The van der Waals surface area contributed by atoms with Gasteiger partial charge in [0, 0.05) is 24.6 Å². The molecule has 2 heterocycles.